The number of rotatable bonds is 2. The quantitative estimate of drug-likeness (QED) is 0.760. The van der Waals surface area contributed by atoms with Crippen LogP contribution in [0.5, 0.6) is 0 Å². The summed E-state index contributed by atoms with van der Waals surface area (Å²) in [5.74, 6) is 0. The molecule has 0 fully saturated rings. The van der Waals surface area contributed by atoms with Crippen molar-refractivity contribution in [2.24, 2.45) is 0 Å². The minimum atomic E-state index is -0.0148. The van der Waals surface area contributed by atoms with E-state index < -0.39 is 0 Å². The summed E-state index contributed by atoms with van der Waals surface area (Å²) in [6, 6.07) is 5.52. The first-order valence-corrected chi connectivity index (χ1v) is 4.86. The fraction of sp³-hybridized carbons (Fsp3) is 0.273. The van der Waals surface area contributed by atoms with Crippen LogP contribution in [-0.2, 0) is 11.3 Å². The van der Waals surface area contributed by atoms with Crippen LogP contribution in [0.25, 0.3) is 0 Å². The molecule has 1 aliphatic rings. The van der Waals surface area contributed by atoms with Crippen LogP contribution in [0.15, 0.2) is 30.4 Å². The van der Waals surface area contributed by atoms with Crippen molar-refractivity contribution in [1.82, 2.24) is 0 Å². The smallest absolute Gasteiger partial charge is 0.101 e. The molecule has 0 radical (unpaired) electrons. The molecule has 3 heteroatoms. The Morgan fingerprint density at radius 1 is 1.43 bits per heavy atom. The van der Waals surface area contributed by atoms with Crippen molar-refractivity contribution in [3.05, 3.63) is 46.5 Å². The van der Waals surface area contributed by atoms with Gasteiger partial charge in [0, 0.05) is 5.02 Å². The summed E-state index contributed by atoms with van der Waals surface area (Å²) in [5, 5.41) is 9.65. The number of aliphatic hydroxyl groups is 1. The second-order valence-corrected chi connectivity index (χ2v) is 3.67. The summed E-state index contributed by atoms with van der Waals surface area (Å²) in [7, 11) is 0. The monoisotopic (exact) mass is 210 g/mol. The van der Waals surface area contributed by atoms with Gasteiger partial charge < -0.3 is 9.84 Å². The molecule has 0 aromatic heterocycles. The van der Waals surface area contributed by atoms with E-state index in [1.165, 1.54) is 0 Å². The van der Waals surface area contributed by atoms with E-state index in [1.54, 1.807) is 6.07 Å². The highest BCUT2D eigenvalue weighted by molar-refractivity contribution is 6.30. The molecule has 1 aromatic rings. The van der Waals surface area contributed by atoms with Crippen LogP contribution in [-0.4, -0.2) is 11.7 Å². The molecular weight excluding hydrogens is 200 g/mol. The lowest BCUT2D eigenvalue weighted by molar-refractivity contribution is 0.129. The van der Waals surface area contributed by atoms with Crippen LogP contribution in [0.2, 0.25) is 5.02 Å². The van der Waals surface area contributed by atoms with E-state index in [2.05, 4.69) is 0 Å². The summed E-state index contributed by atoms with van der Waals surface area (Å²) in [6.07, 6.45) is 3.95. The van der Waals surface area contributed by atoms with Crippen molar-refractivity contribution in [2.45, 2.75) is 12.7 Å². The van der Waals surface area contributed by atoms with Crippen LogP contribution in [0.1, 0.15) is 17.2 Å². The molecule has 1 unspecified atom stereocenters. The first-order valence-electron chi connectivity index (χ1n) is 4.48. The first-order chi connectivity index (χ1) is 6.79. The third kappa shape index (κ3) is 1.98. The third-order valence-corrected chi connectivity index (χ3v) is 2.39. The van der Waals surface area contributed by atoms with Crippen molar-refractivity contribution >= 4 is 11.6 Å². The number of benzene rings is 1. The summed E-state index contributed by atoms with van der Waals surface area (Å²) in [4.78, 5) is 0. The van der Waals surface area contributed by atoms with Gasteiger partial charge in [0.1, 0.15) is 6.10 Å². The Bertz CT molecular complexity index is 360. The summed E-state index contributed by atoms with van der Waals surface area (Å²) in [6.45, 7) is 0.648. The SMILES string of the molecule is OCc1cc(Cl)cc(C2C=CCO2)c1. The molecule has 14 heavy (non-hydrogen) atoms. The molecule has 2 nitrogen and oxygen atoms in total. The van der Waals surface area contributed by atoms with E-state index >= 15 is 0 Å². The maximum absolute atomic E-state index is 9.01. The summed E-state index contributed by atoms with van der Waals surface area (Å²) >= 11 is 5.92. The van der Waals surface area contributed by atoms with Crippen LogP contribution in [0.4, 0.5) is 0 Å². The van der Waals surface area contributed by atoms with Crippen molar-refractivity contribution in [3.63, 3.8) is 0 Å². The van der Waals surface area contributed by atoms with E-state index in [1.807, 2.05) is 24.3 Å². The van der Waals surface area contributed by atoms with Gasteiger partial charge in [0.15, 0.2) is 0 Å². The predicted molar refractivity (Wildman–Crippen MR) is 55.2 cm³/mol. The van der Waals surface area contributed by atoms with E-state index in [4.69, 9.17) is 21.4 Å². The molecule has 74 valence electrons. The number of aliphatic hydroxyl groups excluding tert-OH is 1. The fourth-order valence-corrected chi connectivity index (χ4v) is 1.80. The Hall–Kier alpha value is -0.830. The lowest BCUT2D eigenvalue weighted by Crippen LogP contribution is -1.97. The molecule has 1 heterocycles. The van der Waals surface area contributed by atoms with Gasteiger partial charge in [0.25, 0.3) is 0 Å². The van der Waals surface area contributed by atoms with Gasteiger partial charge in [-0.1, -0.05) is 29.8 Å². The second-order valence-electron chi connectivity index (χ2n) is 3.23. The molecule has 1 N–H and O–H groups in total. The van der Waals surface area contributed by atoms with Crippen LogP contribution in [0.3, 0.4) is 0 Å². The zero-order valence-electron chi connectivity index (χ0n) is 7.61. The summed E-state index contributed by atoms with van der Waals surface area (Å²) < 4.78 is 5.44. The first kappa shape index (κ1) is 9.71. The average molecular weight is 211 g/mol. The van der Waals surface area contributed by atoms with Crippen molar-refractivity contribution in [2.75, 3.05) is 6.61 Å². The van der Waals surface area contributed by atoms with Gasteiger partial charge in [0.2, 0.25) is 0 Å². The van der Waals surface area contributed by atoms with Gasteiger partial charge in [-0.25, -0.2) is 0 Å². The normalized spacial score (nSPS) is 20.3. The van der Waals surface area contributed by atoms with Crippen LogP contribution < -0.4 is 0 Å². The Labute approximate surface area is 87.8 Å². The standard InChI is InChI=1S/C11H11ClO2/c12-10-5-8(7-13)4-9(6-10)11-2-1-3-14-11/h1-2,4-6,11,13H,3,7H2. The topological polar surface area (TPSA) is 29.5 Å². The van der Waals surface area contributed by atoms with E-state index in [9.17, 15) is 0 Å². The molecule has 0 spiro atoms. The highest BCUT2D eigenvalue weighted by atomic mass is 35.5. The van der Waals surface area contributed by atoms with Gasteiger partial charge >= 0.3 is 0 Å². The molecule has 1 atom stereocenters. The zero-order chi connectivity index (χ0) is 9.97. The Morgan fingerprint density at radius 3 is 2.93 bits per heavy atom. The molecular formula is C11H11ClO2. The highest BCUT2D eigenvalue weighted by Crippen LogP contribution is 2.26. The molecule has 0 bridgehead atoms. The van der Waals surface area contributed by atoms with Gasteiger partial charge in [0.05, 0.1) is 13.2 Å². The Morgan fingerprint density at radius 2 is 2.29 bits per heavy atom. The molecule has 2 rings (SSSR count). The second kappa shape index (κ2) is 4.13. The average Bonchev–Trinajstić information content (AvgIpc) is 2.69. The minimum absolute atomic E-state index is 0.00396. The molecule has 0 aliphatic carbocycles. The van der Waals surface area contributed by atoms with E-state index in [0.717, 1.165) is 11.1 Å². The number of halogens is 1. The zero-order valence-corrected chi connectivity index (χ0v) is 8.37. The minimum Gasteiger partial charge on any atom is -0.392 e. The number of ether oxygens (including phenoxy) is 1. The van der Waals surface area contributed by atoms with Gasteiger partial charge in [-0.2, -0.15) is 0 Å². The Balaban J connectivity index is 2.32. The summed E-state index contributed by atoms with van der Waals surface area (Å²) in [5.41, 5.74) is 1.81. The lowest BCUT2D eigenvalue weighted by Gasteiger charge is -2.10. The van der Waals surface area contributed by atoms with Gasteiger partial charge in [-0.05, 0) is 23.3 Å². The highest BCUT2D eigenvalue weighted by Gasteiger charge is 2.13. The largest absolute Gasteiger partial charge is 0.392 e. The molecule has 0 amide bonds. The molecule has 0 saturated heterocycles. The molecule has 1 aliphatic heterocycles. The van der Waals surface area contributed by atoms with E-state index in [0.29, 0.717) is 11.6 Å². The Kier molecular flexibility index (Phi) is 2.87. The maximum atomic E-state index is 9.01. The third-order valence-electron chi connectivity index (χ3n) is 2.17. The predicted octanol–water partition coefficient (Wildman–Crippen LogP) is 2.46. The van der Waals surface area contributed by atoms with Gasteiger partial charge in [-0.15, -0.1) is 0 Å². The van der Waals surface area contributed by atoms with E-state index in [-0.39, 0.29) is 12.7 Å². The van der Waals surface area contributed by atoms with Crippen molar-refractivity contribution < 1.29 is 9.84 Å². The van der Waals surface area contributed by atoms with Crippen LogP contribution in [0, 0.1) is 0 Å². The number of hydrogen-bond donors (Lipinski definition) is 1. The van der Waals surface area contributed by atoms with Crippen molar-refractivity contribution in [1.29, 1.82) is 0 Å². The van der Waals surface area contributed by atoms with Crippen molar-refractivity contribution in [3.8, 4) is 0 Å². The molecule has 0 saturated carbocycles. The maximum Gasteiger partial charge on any atom is 0.101 e. The number of hydrogen-bond acceptors (Lipinski definition) is 2. The van der Waals surface area contributed by atoms with Gasteiger partial charge in [-0.3, -0.25) is 0 Å². The fourth-order valence-electron chi connectivity index (χ4n) is 1.53. The van der Waals surface area contributed by atoms with Crippen LogP contribution >= 0.6 is 11.6 Å². The lowest BCUT2D eigenvalue weighted by atomic mass is 10.1. The molecule has 1 aromatic carbocycles.